The summed E-state index contributed by atoms with van der Waals surface area (Å²) in [5.41, 5.74) is 0.730. The van der Waals surface area contributed by atoms with Gasteiger partial charge in [0.15, 0.2) is 0 Å². The van der Waals surface area contributed by atoms with Crippen molar-refractivity contribution in [1.82, 2.24) is 0 Å². The lowest BCUT2D eigenvalue weighted by molar-refractivity contribution is -0.167. The minimum Gasteiger partial charge on any atom is -0.481 e. The van der Waals surface area contributed by atoms with Crippen LogP contribution < -0.4 is 0 Å². The van der Waals surface area contributed by atoms with Crippen molar-refractivity contribution < 1.29 is 29.0 Å². The molecule has 0 amide bonds. The van der Waals surface area contributed by atoms with E-state index in [0.717, 1.165) is 5.56 Å². The minimum atomic E-state index is -0.970. The van der Waals surface area contributed by atoms with Crippen molar-refractivity contribution in [2.45, 2.75) is 65.9 Å². The summed E-state index contributed by atoms with van der Waals surface area (Å²) in [4.78, 5) is 36.3. The van der Waals surface area contributed by atoms with Gasteiger partial charge in [-0.1, -0.05) is 26.0 Å². The molecule has 1 N–H and O–H groups in total. The fourth-order valence-corrected chi connectivity index (χ4v) is 3.30. The third-order valence-electron chi connectivity index (χ3n) is 4.57. The van der Waals surface area contributed by atoms with E-state index in [-0.39, 0.29) is 5.92 Å². The third-order valence-corrected chi connectivity index (χ3v) is 4.57. The molecule has 0 bridgehead atoms. The van der Waals surface area contributed by atoms with Gasteiger partial charge in [-0.25, -0.2) is 4.79 Å². The van der Waals surface area contributed by atoms with Crippen LogP contribution in [0.15, 0.2) is 24.3 Å². The molecular weight excluding hydrogens is 372 g/mol. The van der Waals surface area contributed by atoms with Crippen molar-refractivity contribution in [3.05, 3.63) is 35.4 Å². The Balaban J connectivity index is 2.93. The van der Waals surface area contributed by atoms with Gasteiger partial charge in [0.05, 0.1) is 24.5 Å². The number of methoxy groups -OCH3 is 1. The molecule has 2 atom stereocenters. The van der Waals surface area contributed by atoms with Gasteiger partial charge in [0.1, 0.15) is 5.60 Å². The quantitative estimate of drug-likeness (QED) is 0.575. The van der Waals surface area contributed by atoms with Crippen molar-refractivity contribution in [2.75, 3.05) is 7.11 Å². The van der Waals surface area contributed by atoms with Gasteiger partial charge >= 0.3 is 17.9 Å². The minimum absolute atomic E-state index is 0.151. The fourth-order valence-electron chi connectivity index (χ4n) is 3.30. The van der Waals surface area contributed by atoms with Crippen LogP contribution in [0.4, 0.5) is 0 Å². The van der Waals surface area contributed by atoms with Crippen LogP contribution >= 0.6 is 0 Å². The van der Waals surface area contributed by atoms with Gasteiger partial charge in [-0.3, -0.25) is 9.59 Å². The number of hydrogen-bond donors (Lipinski definition) is 1. The van der Waals surface area contributed by atoms with Crippen LogP contribution in [0.2, 0.25) is 0 Å². The van der Waals surface area contributed by atoms with Gasteiger partial charge in [0, 0.05) is 0 Å². The second-order valence-electron chi connectivity index (χ2n) is 8.80. The first-order valence-electron chi connectivity index (χ1n) is 10.1. The molecular formula is C23H34O6. The number of carbonyl (C=O) groups excluding carboxylic acids is 2. The van der Waals surface area contributed by atoms with Crippen molar-refractivity contribution in [2.24, 2.45) is 17.8 Å². The molecule has 1 unspecified atom stereocenters. The zero-order valence-electron chi connectivity index (χ0n) is 18.4. The first-order chi connectivity index (χ1) is 13.4. The molecule has 1 aromatic carbocycles. The number of carboxylic acid groups (broad SMARTS) is 1. The van der Waals surface area contributed by atoms with Gasteiger partial charge in [-0.05, 0) is 70.1 Å². The first kappa shape index (κ1) is 24.7. The number of esters is 2. The Labute approximate surface area is 173 Å². The highest BCUT2D eigenvalue weighted by atomic mass is 16.6. The summed E-state index contributed by atoms with van der Waals surface area (Å²) in [6, 6.07) is 7.13. The number of aryl methyl sites for hydroxylation is 1. The second kappa shape index (κ2) is 11.0. The number of hydrogen-bond acceptors (Lipinski definition) is 5. The maximum absolute atomic E-state index is 12.8. The van der Waals surface area contributed by atoms with Crippen LogP contribution in [0.5, 0.6) is 0 Å². The van der Waals surface area contributed by atoms with E-state index in [2.05, 4.69) is 0 Å². The zero-order chi connectivity index (χ0) is 22.2. The van der Waals surface area contributed by atoms with Crippen LogP contribution in [-0.4, -0.2) is 35.7 Å². The van der Waals surface area contributed by atoms with Gasteiger partial charge in [0.2, 0.25) is 0 Å². The maximum Gasteiger partial charge on any atom is 0.337 e. The molecule has 1 aromatic rings. The highest BCUT2D eigenvalue weighted by Crippen LogP contribution is 2.29. The molecule has 0 fully saturated rings. The van der Waals surface area contributed by atoms with Crippen molar-refractivity contribution in [1.29, 1.82) is 0 Å². The lowest BCUT2D eigenvalue weighted by Gasteiger charge is -2.28. The predicted octanol–water partition coefficient (Wildman–Crippen LogP) is 4.50. The molecule has 0 radical (unpaired) electrons. The lowest BCUT2D eigenvalue weighted by Crippen LogP contribution is -2.36. The zero-order valence-corrected chi connectivity index (χ0v) is 18.4. The number of ether oxygens (including phenoxy) is 2. The van der Waals surface area contributed by atoms with Crippen LogP contribution in [0.25, 0.3) is 0 Å². The molecule has 0 aliphatic carbocycles. The summed E-state index contributed by atoms with van der Waals surface area (Å²) in [7, 11) is 1.33. The first-order valence-corrected chi connectivity index (χ1v) is 10.1. The predicted molar refractivity (Wildman–Crippen MR) is 111 cm³/mol. The van der Waals surface area contributed by atoms with Crippen LogP contribution in [0.3, 0.4) is 0 Å². The van der Waals surface area contributed by atoms with Crippen molar-refractivity contribution in [3.63, 3.8) is 0 Å². The van der Waals surface area contributed by atoms with Gasteiger partial charge in [-0.15, -0.1) is 0 Å². The van der Waals surface area contributed by atoms with E-state index in [9.17, 15) is 19.5 Å². The van der Waals surface area contributed by atoms with Crippen LogP contribution in [-0.2, 0) is 25.5 Å². The molecule has 6 nitrogen and oxygen atoms in total. The van der Waals surface area contributed by atoms with E-state index in [1.165, 1.54) is 7.11 Å². The third kappa shape index (κ3) is 8.67. The summed E-state index contributed by atoms with van der Waals surface area (Å²) < 4.78 is 10.3. The summed E-state index contributed by atoms with van der Waals surface area (Å²) in [6.45, 7) is 9.22. The highest BCUT2D eigenvalue weighted by molar-refractivity contribution is 5.89. The number of carboxylic acids is 1. The molecule has 0 aliphatic heterocycles. The average molecular weight is 407 g/mol. The number of rotatable bonds is 10. The van der Waals surface area contributed by atoms with E-state index in [0.29, 0.717) is 31.2 Å². The van der Waals surface area contributed by atoms with Crippen LogP contribution in [0.1, 0.15) is 69.8 Å². The topological polar surface area (TPSA) is 89.9 Å². The molecule has 6 heteroatoms. The van der Waals surface area contributed by atoms with Gasteiger partial charge in [-0.2, -0.15) is 0 Å². The normalized spacial score (nSPS) is 13.6. The Morgan fingerprint density at radius 3 is 2.28 bits per heavy atom. The summed E-state index contributed by atoms with van der Waals surface area (Å²) in [5, 5.41) is 9.72. The van der Waals surface area contributed by atoms with E-state index >= 15 is 0 Å². The van der Waals surface area contributed by atoms with E-state index in [1.807, 2.05) is 19.9 Å². The van der Waals surface area contributed by atoms with Crippen molar-refractivity contribution >= 4 is 17.9 Å². The number of aliphatic carboxylic acids is 1. The standard InChI is InChI=1S/C23H34O6/c1-15(2)13-19(20(24)25)18(22(27)29-23(3,4)5)12-8-10-16-9-7-11-17(14-16)21(26)28-6/h7,9,11,14-15,18-19H,8,10,12-13H2,1-6H3,(H,24,25)/t18?,19-/m1/s1. The van der Waals surface area contributed by atoms with E-state index < -0.39 is 35.3 Å². The summed E-state index contributed by atoms with van der Waals surface area (Å²) in [6.07, 6.45) is 2.05. The molecule has 29 heavy (non-hydrogen) atoms. The Morgan fingerprint density at radius 1 is 1.10 bits per heavy atom. The number of carbonyl (C=O) groups is 3. The van der Waals surface area contributed by atoms with Gasteiger partial charge < -0.3 is 14.6 Å². The largest absolute Gasteiger partial charge is 0.481 e. The Morgan fingerprint density at radius 2 is 1.76 bits per heavy atom. The highest BCUT2D eigenvalue weighted by Gasteiger charge is 2.36. The summed E-state index contributed by atoms with van der Waals surface area (Å²) >= 11 is 0. The molecule has 0 saturated carbocycles. The molecule has 0 saturated heterocycles. The summed E-state index contributed by atoms with van der Waals surface area (Å²) in [5.74, 6) is -3.18. The van der Waals surface area contributed by atoms with E-state index in [4.69, 9.17) is 9.47 Å². The molecule has 0 aromatic heterocycles. The van der Waals surface area contributed by atoms with E-state index in [1.54, 1.807) is 39.0 Å². The Hall–Kier alpha value is -2.37. The number of benzene rings is 1. The van der Waals surface area contributed by atoms with Gasteiger partial charge in [0.25, 0.3) is 0 Å². The Bertz CT molecular complexity index is 702. The Kier molecular flexibility index (Phi) is 9.34. The molecule has 0 heterocycles. The molecule has 162 valence electrons. The fraction of sp³-hybridized carbons (Fsp3) is 0.609. The second-order valence-corrected chi connectivity index (χ2v) is 8.80. The SMILES string of the molecule is COC(=O)c1cccc(CCCC(C(=O)OC(C)(C)C)[C@@H](CC(C)C)C(=O)O)c1. The molecule has 0 aliphatic rings. The maximum atomic E-state index is 12.8. The molecule has 0 spiro atoms. The van der Waals surface area contributed by atoms with Crippen LogP contribution in [0, 0.1) is 17.8 Å². The monoisotopic (exact) mass is 406 g/mol. The lowest BCUT2D eigenvalue weighted by atomic mass is 9.82. The molecule has 1 rings (SSSR count). The smallest absolute Gasteiger partial charge is 0.337 e. The average Bonchev–Trinajstić information content (AvgIpc) is 2.61. The van der Waals surface area contributed by atoms with Crippen molar-refractivity contribution in [3.8, 4) is 0 Å².